The van der Waals surface area contributed by atoms with Crippen LogP contribution in [-0.2, 0) is 14.8 Å². The molecule has 0 bridgehead atoms. The summed E-state index contributed by atoms with van der Waals surface area (Å²) in [5.74, 6) is -1.18. The van der Waals surface area contributed by atoms with Crippen LogP contribution in [0.25, 0.3) is 5.57 Å². The fourth-order valence-corrected chi connectivity index (χ4v) is 4.72. The van der Waals surface area contributed by atoms with Gasteiger partial charge in [0.25, 0.3) is 0 Å². The summed E-state index contributed by atoms with van der Waals surface area (Å²) < 4.78 is 27.3. The van der Waals surface area contributed by atoms with Crippen LogP contribution in [0.15, 0.2) is 60.0 Å². The minimum atomic E-state index is -3.72. The summed E-state index contributed by atoms with van der Waals surface area (Å²) in [6, 6.07) is 13.3. The molecule has 0 unspecified atom stereocenters. The Morgan fingerprint density at radius 1 is 1.04 bits per heavy atom. The van der Waals surface area contributed by atoms with E-state index in [1.807, 2.05) is 18.2 Å². The van der Waals surface area contributed by atoms with E-state index in [0.717, 1.165) is 5.69 Å². The molecular formula is C19H19ClN2O4S. The Kier molecular flexibility index (Phi) is 5.55. The molecule has 142 valence electrons. The van der Waals surface area contributed by atoms with Crippen LogP contribution in [-0.4, -0.2) is 50.0 Å². The first-order valence-electron chi connectivity index (χ1n) is 8.33. The molecule has 0 aromatic heterocycles. The van der Waals surface area contributed by atoms with Gasteiger partial charge in [-0.25, -0.2) is 13.2 Å². The SMILES string of the molecule is C=C(C(=O)O)c1cccc(S(=O)(=O)N2CCN(c3ccccc3Cl)CC2)c1. The van der Waals surface area contributed by atoms with E-state index in [0.29, 0.717) is 31.2 Å². The predicted molar refractivity (Wildman–Crippen MR) is 106 cm³/mol. The monoisotopic (exact) mass is 406 g/mol. The minimum Gasteiger partial charge on any atom is -0.478 e. The zero-order valence-electron chi connectivity index (χ0n) is 14.5. The van der Waals surface area contributed by atoms with E-state index in [1.165, 1.54) is 28.6 Å². The molecule has 1 fully saturated rings. The van der Waals surface area contributed by atoms with E-state index in [1.54, 1.807) is 6.07 Å². The van der Waals surface area contributed by atoms with Crippen molar-refractivity contribution in [1.82, 2.24) is 4.31 Å². The van der Waals surface area contributed by atoms with Gasteiger partial charge in [0, 0.05) is 26.2 Å². The van der Waals surface area contributed by atoms with E-state index in [4.69, 9.17) is 16.7 Å². The molecular weight excluding hydrogens is 388 g/mol. The molecule has 0 spiro atoms. The van der Waals surface area contributed by atoms with Gasteiger partial charge in [0.15, 0.2) is 0 Å². The fourth-order valence-electron chi connectivity index (χ4n) is 2.99. The lowest BCUT2D eigenvalue weighted by Crippen LogP contribution is -2.48. The number of carboxylic acid groups (broad SMARTS) is 1. The molecule has 8 heteroatoms. The molecule has 0 aliphatic carbocycles. The Balaban J connectivity index is 1.78. The first-order chi connectivity index (χ1) is 12.8. The van der Waals surface area contributed by atoms with Gasteiger partial charge in [-0.2, -0.15) is 4.31 Å². The molecule has 1 heterocycles. The normalized spacial score (nSPS) is 15.5. The number of anilines is 1. The number of hydrogen-bond donors (Lipinski definition) is 1. The quantitative estimate of drug-likeness (QED) is 0.772. The Morgan fingerprint density at radius 3 is 2.33 bits per heavy atom. The number of para-hydroxylation sites is 1. The maximum absolute atomic E-state index is 12.9. The summed E-state index contributed by atoms with van der Waals surface area (Å²) in [6.45, 7) is 5.16. The van der Waals surface area contributed by atoms with Crippen LogP contribution in [0.5, 0.6) is 0 Å². The van der Waals surface area contributed by atoms with E-state index in [9.17, 15) is 13.2 Å². The molecule has 6 nitrogen and oxygen atoms in total. The molecule has 0 amide bonds. The molecule has 0 atom stereocenters. The van der Waals surface area contributed by atoms with E-state index in [-0.39, 0.29) is 16.0 Å². The summed E-state index contributed by atoms with van der Waals surface area (Å²) in [7, 11) is -3.72. The average molecular weight is 407 g/mol. The van der Waals surface area contributed by atoms with Crippen LogP contribution >= 0.6 is 11.6 Å². The van der Waals surface area contributed by atoms with Crippen molar-refractivity contribution >= 4 is 38.9 Å². The lowest BCUT2D eigenvalue weighted by molar-refractivity contribution is -0.130. The van der Waals surface area contributed by atoms with Gasteiger partial charge < -0.3 is 10.0 Å². The second kappa shape index (κ2) is 7.72. The van der Waals surface area contributed by atoms with Crippen molar-refractivity contribution < 1.29 is 18.3 Å². The maximum atomic E-state index is 12.9. The highest BCUT2D eigenvalue weighted by Gasteiger charge is 2.29. The lowest BCUT2D eigenvalue weighted by Gasteiger charge is -2.35. The van der Waals surface area contributed by atoms with Crippen LogP contribution in [0.2, 0.25) is 5.02 Å². The van der Waals surface area contributed by atoms with Crippen LogP contribution in [0.4, 0.5) is 5.69 Å². The Labute approximate surface area is 163 Å². The number of carbonyl (C=O) groups is 1. The number of halogens is 1. The fraction of sp³-hybridized carbons (Fsp3) is 0.211. The minimum absolute atomic E-state index is 0.0635. The summed E-state index contributed by atoms with van der Waals surface area (Å²) in [4.78, 5) is 13.2. The van der Waals surface area contributed by atoms with Crippen molar-refractivity contribution in [2.45, 2.75) is 4.90 Å². The van der Waals surface area contributed by atoms with E-state index < -0.39 is 16.0 Å². The largest absolute Gasteiger partial charge is 0.478 e. The number of hydrogen-bond acceptors (Lipinski definition) is 4. The summed E-state index contributed by atoms with van der Waals surface area (Å²) >= 11 is 6.22. The molecule has 1 N–H and O–H groups in total. The van der Waals surface area contributed by atoms with Gasteiger partial charge in [-0.05, 0) is 29.8 Å². The molecule has 3 rings (SSSR count). The molecule has 27 heavy (non-hydrogen) atoms. The first kappa shape index (κ1) is 19.4. The van der Waals surface area contributed by atoms with Gasteiger partial charge >= 0.3 is 5.97 Å². The Bertz CT molecular complexity index is 983. The number of piperazine rings is 1. The Morgan fingerprint density at radius 2 is 1.70 bits per heavy atom. The lowest BCUT2D eigenvalue weighted by atomic mass is 10.1. The number of carboxylic acids is 1. The third-order valence-corrected chi connectivity index (χ3v) is 6.72. The van der Waals surface area contributed by atoms with Gasteiger partial charge in [0.1, 0.15) is 0 Å². The smallest absolute Gasteiger partial charge is 0.335 e. The molecule has 1 aliphatic rings. The average Bonchev–Trinajstić information content (AvgIpc) is 2.68. The molecule has 2 aromatic carbocycles. The highest BCUT2D eigenvalue weighted by atomic mass is 35.5. The Hall–Kier alpha value is -2.35. The molecule has 1 aliphatic heterocycles. The number of nitrogens with zero attached hydrogens (tertiary/aromatic N) is 2. The van der Waals surface area contributed by atoms with Gasteiger partial charge in [-0.1, -0.05) is 42.4 Å². The molecule has 2 aromatic rings. The molecule has 0 radical (unpaired) electrons. The zero-order chi connectivity index (χ0) is 19.6. The van der Waals surface area contributed by atoms with Crippen molar-refractivity contribution in [2.75, 3.05) is 31.1 Å². The van der Waals surface area contributed by atoms with E-state index in [2.05, 4.69) is 11.5 Å². The highest BCUT2D eigenvalue weighted by molar-refractivity contribution is 7.89. The van der Waals surface area contributed by atoms with Crippen LogP contribution in [0, 0.1) is 0 Å². The molecule has 0 saturated carbocycles. The van der Waals surface area contributed by atoms with E-state index >= 15 is 0 Å². The molecule has 1 saturated heterocycles. The maximum Gasteiger partial charge on any atom is 0.335 e. The standard InChI is InChI=1S/C19H19ClN2O4S/c1-14(19(23)24)15-5-4-6-16(13-15)27(25,26)22-11-9-21(10-12-22)18-8-3-2-7-17(18)20/h2-8,13H,1,9-12H2,(H,23,24). The van der Waals surface area contributed by atoms with Crippen molar-refractivity contribution in [1.29, 1.82) is 0 Å². The summed E-state index contributed by atoms with van der Waals surface area (Å²) in [5, 5.41) is 9.69. The number of benzene rings is 2. The number of sulfonamides is 1. The van der Waals surface area contributed by atoms with Gasteiger partial charge in [-0.15, -0.1) is 0 Å². The second-order valence-electron chi connectivity index (χ2n) is 6.15. The van der Waals surface area contributed by atoms with Crippen LogP contribution in [0.1, 0.15) is 5.56 Å². The first-order valence-corrected chi connectivity index (χ1v) is 10.1. The van der Waals surface area contributed by atoms with Gasteiger partial charge in [-0.3, -0.25) is 0 Å². The van der Waals surface area contributed by atoms with Gasteiger partial charge in [0.05, 0.1) is 21.2 Å². The number of rotatable bonds is 5. The zero-order valence-corrected chi connectivity index (χ0v) is 16.1. The van der Waals surface area contributed by atoms with Crippen molar-refractivity contribution in [2.24, 2.45) is 0 Å². The topological polar surface area (TPSA) is 77.9 Å². The van der Waals surface area contributed by atoms with Crippen molar-refractivity contribution in [3.8, 4) is 0 Å². The van der Waals surface area contributed by atoms with Crippen molar-refractivity contribution in [3.05, 3.63) is 65.7 Å². The second-order valence-corrected chi connectivity index (χ2v) is 8.50. The predicted octanol–water partition coefficient (Wildman–Crippen LogP) is 2.95. The third-order valence-electron chi connectivity index (χ3n) is 4.51. The summed E-state index contributed by atoms with van der Waals surface area (Å²) in [6.07, 6.45) is 0. The van der Waals surface area contributed by atoms with Crippen LogP contribution in [0.3, 0.4) is 0 Å². The van der Waals surface area contributed by atoms with Crippen LogP contribution < -0.4 is 4.90 Å². The summed E-state index contributed by atoms with van der Waals surface area (Å²) in [5.41, 5.74) is 1.02. The van der Waals surface area contributed by atoms with Gasteiger partial charge in [0.2, 0.25) is 10.0 Å². The van der Waals surface area contributed by atoms with Crippen molar-refractivity contribution in [3.63, 3.8) is 0 Å². The highest BCUT2D eigenvalue weighted by Crippen LogP contribution is 2.28. The number of aliphatic carboxylic acids is 1. The third kappa shape index (κ3) is 4.00.